The van der Waals surface area contributed by atoms with Gasteiger partial charge in [-0.2, -0.15) is 0 Å². The highest BCUT2D eigenvalue weighted by molar-refractivity contribution is 5.87. The summed E-state index contributed by atoms with van der Waals surface area (Å²) in [6, 6.07) is 6.22. The molecule has 0 radical (unpaired) electrons. The summed E-state index contributed by atoms with van der Waals surface area (Å²) < 4.78 is 13.0. The van der Waals surface area contributed by atoms with E-state index in [0.717, 1.165) is 18.4 Å². The molecule has 5 N–H and O–H groups in total. The summed E-state index contributed by atoms with van der Waals surface area (Å²) in [6.45, 7) is 2.43. The van der Waals surface area contributed by atoms with Crippen molar-refractivity contribution in [1.29, 1.82) is 0 Å². The first-order chi connectivity index (χ1) is 12.4. The molecule has 7 nitrogen and oxygen atoms in total. The number of hydrogen-bond donors (Lipinski definition) is 4. The Morgan fingerprint density at radius 3 is 2.62 bits per heavy atom. The Hall–Kier alpha value is -2.90. The van der Waals surface area contributed by atoms with E-state index < -0.39 is 5.97 Å². The van der Waals surface area contributed by atoms with Gasteiger partial charge in [0.25, 0.3) is 0 Å². The number of benzene rings is 1. The second-order valence-corrected chi connectivity index (χ2v) is 6.57. The van der Waals surface area contributed by atoms with Gasteiger partial charge in [-0.15, -0.1) is 0 Å². The molecule has 0 amide bonds. The predicted octanol–water partition coefficient (Wildman–Crippen LogP) is 3.11. The first kappa shape index (κ1) is 17.9. The molecule has 1 heterocycles. The number of rotatable bonds is 7. The monoisotopic (exact) mass is 359 g/mol. The van der Waals surface area contributed by atoms with Crippen molar-refractivity contribution >= 4 is 23.3 Å². The summed E-state index contributed by atoms with van der Waals surface area (Å²) in [7, 11) is 0. The maximum Gasteiger partial charge on any atom is 0.374 e. The van der Waals surface area contributed by atoms with E-state index in [2.05, 4.69) is 20.6 Å². The van der Waals surface area contributed by atoms with Crippen molar-refractivity contribution in [3.8, 4) is 0 Å². The van der Waals surface area contributed by atoms with Crippen LogP contribution in [0.15, 0.2) is 24.3 Å². The van der Waals surface area contributed by atoms with Crippen LogP contribution in [0.4, 0.5) is 21.7 Å². The van der Waals surface area contributed by atoms with E-state index in [0.29, 0.717) is 24.0 Å². The SMILES string of the molecule is C[C@@H](Nc1nc(C(=O)O)nc(N)c1NCc1ccc(F)cc1)C1CCC1. The number of carboxylic acid groups (broad SMARTS) is 1. The van der Waals surface area contributed by atoms with Crippen LogP contribution < -0.4 is 16.4 Å². The number of aromatic nitrogens is 2. The van der Waals surface area contributed by atoms with Crippen molar-refractivity contribution in [2.24, 2.45) is 5.92 Å². The molecule has 8 heteroatoms. The lowest BCUT2D eigenvalue weighted by atomic mass is 9.80. The van der Waals surface area contributed by atoms with Crippen LogP contribution in [0, 0.1) is 11.7 Å². The van der Waals surface area contributed by atoms with Crippen LogP contribution in [0.3, 0.4) is 0 Å². The molecule has 1 aromatic carbocycles. The second-order valence-electron chi connectivity index (χ2n) is 6.57. The third-order valence-electron chi connectivity index (χ3n) is 4.73. The summed E-state index contributed by atoms with van der Waals surface area (Å²) in [5.41, 5.74) is 7.27. The number of aromatic carboxylic acids is 1. The summed E-state index contributed by atoms with van der Waals surface area (Å²) >= 11 is 0. The molecule has 1 saturated carbocycles. The fraction of sp³-hybridized carbons (Fsp3) is 0.389. The molecule has 0 saturated heterocycles. The normalized spacial score (nSPS) is 15.2. The predicted molar refractivity (Wildman–Crippen MR) is 97.6 cm³/mol. The van der Waals surface area contributed by atoms with Gasteiger partial charge in [-0.05, 0) is 43.4 Å². The van der Waals surface area contributed by atoms with Crippen molar-refractivity contribution in [3.63, 3.8) is 0 Å². The van der Waals surface area contributed by atoms with Gasteiger partial charge in [0.2, 0.25) is 5.82 Å². The van der Waals surface area contributed by atoms with Gasteiger partial charge in [-0.25, -0.2) is 19.2 Å². The van der Waals surface area contributed by atoms with Crippen LogP contribution in [0.25, 0.3) is 0 Å². The van der Waals surface area contributed by atoms with Crippen molar-refractivity contribution < 1.29 is 14.3 Å². The Morgan fingerprint density at radius 1 is 1.35 bits per heavy atom. The van der Waals surface area contributed by atoms with Gasteiger partial charge in [-0.1, -0.05) is 18.6 Å². The van der Waals surface area contributed by atoms with Gasteiger partial charge >= 0.3 is 5.97 Å². The summed E-state index contributed by atoms with van der Waals surface area (Å²) in [4.78, 5) is 19.2. The lowest BCUT2D eigenvalue weighted by molar-refractivity contribution is 0.0684. The standard InChI is InChI=1S/C18H22FN5O2/c1-10(12-3-2-4-12)22-16-14(15(20)23-17(24-16)18(25)26)21-9-11-5-7-13(19)8-6-11/h5-8,10,12,21H,2-4,9H2,1H3,(H,25,26)(H3,20,22,23,24)/t10-/m1/s1. The number of carboxylic acids is 1. The van der Waals surface area contributed by atoms with Crippen molar-refractivity contribution in [2.45, 2.75) is 38.8 Å². The molecule has 0 unspecified atom stereocenters. The van der Waals surface area contributed by atoms with Crippen LogP contribution in [-0.2, 0) is 6.54 Å². The Balaban J connectivity index is 1.83. The molecule has 0 bridgehead atoms. The number of halogens is 1. The molecule has 2 aromatic rings. The van der Waals surface area contributed by atoms with E-state index in [4.69, 9.17) is 5.73 Å². The second kappa shape index (κ2) is 7.55. The first-order valence-electron chi connectivity index (χ1n) is 8.59. The Bertz CT molecular complexity index is 793. The Kier molecular flexibility index (Phi) is 5.20. The number of nitrogens with zero attached hydrogens (tertiary/aromatic N) is 2. The van der Waals surface area contributed by atoms with Crippen molar-refractivity contribution in [2.75, 3.05) is 16.4 Å². The highest BCUT2D eigenvalue weighted by Crippen LogP contribution is 2.33. The zero-order valence-electron chi connectivity index (χ0n) is 14.5. The van der Waals surface area contributed by atoms with Crippen molar-refractivity contribution in [3.05, 3.63) is 41.5 Å². The quantitative estimate of drug-likeness (QED) is 0.601. The number of anilines is 3. The van der Waals surface area contributed by atoms with E-state index in [-0.39, 0.29) is 23.5 Å². The minimum absolute atomic E-state index is 0.0582. The highest BCUT2D eigenvalue weighted by atomic mass is 19.1. The molecular weight excluding hydrogens is 337 g/mol. The zero-order chi connectivity index (χ0) is 18.7. The number of nitrogens with two attached hydrogens (primary N) is 1. The first-order valence-corrected chi connectivity index (χ1v) is 8.59. The Morgan fingerprint density at radius 2 is 2.04 bits per heavy atom. The van der Waals surface area contributed by atoms with Gasteiger partial charge in [0.1, 0.15) is 11.5 Å². The maximum atomic E-state index is 13.0. The van der Waals surface area contributed by atoms with E-state index in [9.17, 15) is 14.3 Å². The average Bonchev–Trinajstić information content (AvgIpc) is 2.53. The van der Waals surface area contributed by atoms with Gasteiger partial charge in [0, 0.05) is 12.6 Å². The molecule has 1 atom stereocenters. The van der Waals surface area contributed by atoms with Gasteiger partial charge in [-0.3, -0.25) is 0 Å². The molecule has 138 valence electrons. The van der Waals surface area contributed by atoms with E-state index in [1.165, 1.54) is 18.6 Å². The number of nitrogen functional groups attached to an aromatic ring is 1. The number of nitrogens with one attached hydrogen (secondary N) is 2. The summed E-state index contributed by atoms with van der Waals surface area (Å²) in [6.07, 6.45) is 3.48. The molecule has 1 aliphatic rings. The molecule has 0 aliphatic heterocycles. The minimum Gasteiger partial charge on any atom is -0.475 e. The van der Waals surface area contributed by atoms with Crippen LogP contribution in [0.5, 0.6) is 0 Å². The summed E-state index contributed by atoms with van der Waals surface area (Å²) in [5.74, 6) is -0.929. The number of hydrogen-bond acceptors (Lipinski definition) is 6. The number of carbonyl (C=O) groups is 1. The van der Waals surface area contributed by atoms with E-state index >= 15 is 0 Å². The lowest BCUT2D eigenvalue weighted by Gasteiger charge is -2.32. The van der Waals surface area contributed by atoms with Gasteiger partial charge in [0.15, 0.2) is 11.6 Å². The smallest absolute Gasteiger partial charge is 0.374 e. The van der Waals surface area contributed by atoms with Crippen molar-refractivity contribution in [1.82, 2.24) is 9.97 Å². The molecule has 1 fully saturated rings. The molecule has 26 heavy (non-hydrogen) atoms. The van der Waals surface area contributed by atoms with Crippen LogP contribution in [-0.4, -0.2) is 27.1 Å². The topological polar surface area (TPSA) is 113 Å². The van der Waals surface area contributed by atoms with Crippen LogP contribution in [0.2, 0.25) is 0 Å². The highest BCUT2D eigenvalue weighted by Gasteiger charge is 2.26. The summed E-state index contributed by atoms with van der Waals surface area (Å²) in [5, 5.41) is 15.6. The largest absolute Gasteiger partial charge is 0.475 e. The molecule has 3 rings (SSSR count). The fourth-order valence-electron chi connectivity index (χ4n) is 2.92. The van der Waals surface area contributed by atoms with Gasteiger partial charge in [0.05, 0.1) is 0 Å². The van der Waals surface area contributed by atoms with Crippen LogP contribution in [0.1, 0.15) is 42.4 Å². The third-order valence-corrected chi connectivity index (χ3v) is 4.73. The van der Waals surface area contributed by atoms with Crippen LogP contribution >= 0.6 is 0 Å². The lowest BCUT2D eigenvalue weighted by Crippen LogP contribution is -2.32. The molecule has 1 aromatic heterocycles. The molecule has 1 aliphatic carbocycles. The zero-order valence-corrected chi connectivity index (χ0v) is 14.5. The Labute approximate surface area is 150 Å². The average molecular weight is 359 g/mol. The van der Waals surface area contributed by atoms with Gasteiger partial charge < -0.3 is 21.5 Å². The maximum absolute atomic E-state index is 13.0. The minimum atomic E-state index is -1.24. The molecule has 0 spiro atoms. The van der Waals surface area contributed by atoms with E-state index in [1.54, 1.807) is 12.1 Å². The molecular formula is C18H22FN5O2. The fourth-order valence-corrected chi connectivity index (χ4v) is 2.92. The van der Waals surface area contributed by atoms with E-state index in [1.807, 2.05) is 6.92 Å². The third kappa shape index (κ3) is 4.01.